The third kappa shape index (κ3) is 2.95. The summed E-state index contributed by atoms with van der Waals surface area (Å²) in [5.74, 6) is 1.13. The van der Waals surface area contributed by atoms with Crippen LogP contribution in [0.4, 0.5) is 0 Å². The third-order valence-corrected chi connectivity index (χ3v) is 5.43. The Kier molecular flexibility index (Phi) is 4.86. The first-order valence-electron chi connectivity index (χ1n) is 6.28. The molecular weight excluding hydrogens is 296 g/mol. The van der Waals surface area contributed by atoms with Crippen molar-refractivity contribution in [2.75, 3.05) is 12.0 Å². The molecule has 2 heterocycles. The van der Waals surface area contributed by atoms with Crippen molar-refractivity contribution in [1.82, 2.24) is 9.55 Å². The zero-order valence-corrected chi connectivity index (χ0v) is 13.9. The van der Waals surface area contributed by atoms with E-state index in [1.807, 2.05) is 25.6 Å². The number of rotatable bonds is 5. The predicted octanol–water partition coefficient (Wildman–Crippen LogP) is 3.88. The van der Waals surface area contributed by atoms with Crippen LogP contribution in [0.5, 0.6) is 0 Å². The smallest absolute Gasteiger partial charge is 0.263 e. The standard InChI is InChI=1S/C13H18N2OS3/c1-8-9(2)19-11-10(8)12(16)15(13(17)14-11)6-4-5-7-18-3/h4-7H2,1-3H3,(H,14,17). The molecule has 0 aliphatic rings. The first-order chi connectivity index (χ1) is 9.06. The zero-order valence-electron chi connectivity index (χ0n) is 11.4. The minimum atomic E-state index is 0.0600. The van der Waals surface area contributed by atoms with Crippen molar-refractivity contribution in [2.45, 2.75) is 33.2 Å². The first kappa shape index (κ1) is 14.8. The lowest BCUT2D eigenvalue weighted by Crippen LogP contribution is -2.22. The van der Waals surface area contributed by atoms with Crippen molar-refractivity contribution in [3.63, 3.8) is 0 Å². The first-order valence-corrected chi connectivity index (χ1v) is 8.90. The second-order valence-corrected chi connectivity index (χ2v) is 7.17. The average Bonchev–Trinajstić information content (AvgIpc) is 2.64. The molecule has 0 radical (unpaired) electrons. The SMILES string of the molecule is CSCCCCn1c(=S)[nH]c2sc(C)c(C)c2c1=O. The second kappa shape index (κ2) is 6.24. The van der Waals surface area contributed by atoms with Crippen LogP contribution in [-0.4, -0.2) is 21.6 Å². The van der Waals surface area contributed by atoms with Crippen LogP contribution in [0.2, 0.25) is 0 Å². The van der Waals surface area contributed by atoms with Crippen LogP contribution in [0.1, 0.15) is 23.3 Å². The monoisotopic (exact) mass is 314 g/mol. The molecule has 0 fully saturated rings. The number of aryl methyl sites for hydroxylation is 2. The van der Waals surface area contributed by atoms with Crippen LogP contribution in [0.15, 0.2) is 4.79 Å². The Morgan fingerprint density at radius 3 is 2.79 bits per heavy atom. The number of aromatic nitrogens is 2. The van der Waals surface area contributed by atoms with Crippen molar-refractivity contribution in [1.29, 1.82) is 0 Å². The molecule has 2 aromatic rings. The van der Waals surface area contributed by atoms with E-state index in [4.69, 9.17) is 12.2 Å². The maximum absolute atomic E-state index is 12.5. The molecule has 0 aliphatic heterocycles. The molecule has 0 saturated carbocycles. The van der Waals surface area contributed by atoms with E-state index in [1.165, 1.54) is 4.88 Å². The van der Waals surface area contributed by atoms with Gasteiger partial charge in [-0.3, -0.25) is 9.36 Å². The number of thiophene rings is 1. The van der Waals surface area contributed by atoms with E-state index >= 15 is 0 Å². The van der Waals surface area contributed by atoms with Crippen molar-refractivity contribution < 1.29 is 0 Å². The molecule has 0 amide bonds. The second-order valence-electron chi connectivity index (χ2n) is 4.57. The fourth-order valence-electron chi connectivity index (χ4n) is 2.08. The van der Waals surface area contributed by atoms with E-state index < -0.39 is 0 Å². The van der Waals surface area contributed by atoms with E-state index in [1.54, 1.807) is 15.9 Å². The van der Waals surface area contributed by atoms with E-state index in [0.29, 0.717) is 11.3 Å². The summed E-state index contributed by atoms with van der Waals surface area (Å²) in [6.07, 6.45) is 4.20. The van der Waals surface area contributed by atoms with Crippen LogP contribution in [0, 0.1) is 18.6 Å². The summed E-state index contributed by atoms with van der Waals surface area (Å²) in [6, 6.07) is 0. The highest BCUT2D eigenvalue weighted by Crippen LogP contribution is 2.25. The van der Waals surface area contributed by atoms with Gasteiger partial charge in [0.25, 0.3) is 5.56 Å². The molecule has 104 valence electrons. The van der Waals surface area contributed by atoms with Crippen LogP contribution in [-0.2, 0) is 6.54 Å². The summed E-state index contributed by atoms with van der Waals surface area (Å²) in [4.78, 5) is 17.8. The molecular formula is C13H18N2OS3. The Balaban J connectivity index is 2.41. The number of hydrogen-bond donors (Lipinski definition) is 1. The summed E-state index contributed by atoms with van der Waals surface area (Å²) >= 11 is 8.75. The number of thioether (sulfide) groups is 1. The van der Waals surface area contributed by atoms with E-state index in [9.17, 15) is 4.79 Å². The summed E-state index contributed by atoms with van der Waals surface area (Å²) in [7, 11) is 0. The number of fused-ring (bicyclic) bond motifs is 1. The number of H-pyrrole nitrogens is 1. The van der Waals surface area contributed by atoms with Gasteiger partial charge in [0.15, 0.2) is 4.77 Å². The quantitative estimate of drug-likeness (QED) is 0.672. The summed E-state index contributed by atoms with van der Waals surface area (Å²) < 4.78 is 2.25. The Labute approximate surface area is 126 Å². The van der Waals surface area contributed by atoms with Gasteiger partial charge in [0.2, 0.25) is 0 Å². The Bertz CT molecular complexity index is 696. The summed E-state index contributed by atoms with van der Waals surface area (Å²) in [5, 5.41) is 0.806. The van der Waals surface area contributed by atoms with Gasteiger partial charge < -0.3 is 4.98 Å². The number of unbranched alkanes of at least 4 members (excludes halogenated alkanes) is 1. The zero-order chi connectivity index (χ0) is 14.0. The molecule has 0 bridgehead atoms. The maximum Gasteiger partial charge on any atom is 0.263 e. The Hall–Kier alpha value is -0.590. The maximum atomic E-state index is 12.5. The molecule has 0 saturated heterocycles. The molecule has 19 heavy (non-hydrogen) atoms. The molecule has 0 spiro atoms. The topological polar surface area (TPSA) is 37.8 Å². The lowest BCUT2D eigenvalue weighted by molar-refractivity contribution is 0.604. The molecule has 0 aromatic carbocycles. The number of aromatic amines is 1. The van der Waals surface area contributed by atoms with Gasteiger partial charge in [-0.05, 0) is 56.5 Å². The van der Waals surface area contributed by atoms with Crippen LogP contribution >= 0.6 is 35.3 Å². The summed E-state index contributed by atoms with van der Waals surface area (Å²) in [5.41, 5.74) is 1.14. The highest BCUT2D eigenvalue weighted by atomic mass is 32.2. The average molecular weight is 315 g/mol. The summed E-state index contributed by atoms with van der Waals surface area (Å²) in [6.45, 7) is 4.75. The fraction of sp³-hybridized carbons (Fsp3) is 0.538. The molecule has 3 nitrogen and oxygen atoms in total. The largest absolute Gasteiger partial charge is 0.323 e. The van der Waals surface area contributed by atoms with Gasteiger partial charge in [-0.2, -0.15) is 11.8 Å². The molecule has 0 unspecified atom stereocenters. The fourth-order valence-corrected chi connectivity index (χ4v) is 3.97. The molecule has 6 heteroatoms. The molecule has 2 rings (SSSR count). The van der Waals surface area contributed by atoms with Gasteiger partial charge in [-0.1, -0.05) is 0 Å². The van der Waals surface area contributed by atoms with Gasteiger partial charge in [0.1, 0.15) is 4.83 Å². The number of hydrogen-bond acceptors (Lipinski definition) is 4. The Morgan fingerprint density at radius 2 is 2.11 bits per heavy atom. The molecule has 0 aliphatic carbocycles. The number of nitrogens with one attached hydrogen (secondary N) is 1. The molecule has 0 atom stereocenters. The minimum absolute atomic E-state index is 0.0600. The van der Waals surface area contributed by atoms with E-state index in [0.717, 1.165) is 34.4 Å². The number of nitrogens with zero attached hydrogens (tertiary/aromatic N) is 1. The van der Waals surface area contributed by atoms with Gasteiger partial charge in [0, 0.05) is 11.4 Å². The van der Waals surface area contributed by atoms with Crippen LogP contribution in [0.3, 0.4) is 0 Å². The van der Waals surface area contributed by atoms with Crippen LogP contribution < -0.4 is 5.56 Å². The molecule has 2 aromatic heterocycles. The third-order valence-electron chi connectivity index (χ3n) is 3.29. The Morgan fingerprint density at radius 1 is 1.37 bits per heavy atom. The van der Waals surface area contributed by atoms with E-state index in [-0.39, 0.29) is 5.56 Å². The van der Waals surface area contributed by atoms with Crippen molar-refractivity contribution in [3.8, 4) is 0 Å². The van der Waals surface area contributed by atoms with Gasteiger partial charge >= 0.3 is 0 Å². The lowest BCUT2D eigenvalue weighted by atomic mass is 10.2. The van der Waals surface area contributed by atoms with Gasteiger partial charge in [0.05, 0.1) is 5.39 Å². The van der Waals surface area contributed by atoms with Gasteiger partial charge in [-0.25, -0.2) is 0 Å². The predicted molar refractivity (Wildman–Crippen MR) is 88.4 cm³/mol. The normalized spacial score (nSPS) is 11.3. The minimum Gasteiger partial charge on any atom is -0.323 e. The van der Waals surface area contributed by atoms with Crippen LogP contribution in [0.25, 0.3) is 10.2 Å². The highest BCUT2D eigenvalue weighted by Gasteiger charge is 2.12. The lowest BCUT2D eigenvalue weighted by Gasteiger charge is -2.06. The van der Waals surface area contributed by atoms with Crippen molar-refractivity contribution in [2.24, 2.45) is 0 Å². The van der Waals surface area contributed by atoms with Crippen molar-refractivity contribution in [3.05, 3.63) is 25.6 Å². The van der Waals surface area contributed by atoms with Crippen molar-refractivity contribution >= 4 is 45.5 Å². The highest BCUT2D eigenvalue weighted by molar-refractivity contribution is 7.98. The van der Waals surface area contributed by atoms with E-state index in [2.05, 4.69) is 11.2 Å². The van der Waals surface area contributed by atoms with Gasteiger partial charge in [-0.15, -0.1) is 11.3 Å². The molecule has 1 N–H and O–H groups in total.